The molecule has 2 aromatic heterocycles. The molecule has 2 bridgehead atoms. The van der Waals surface area contributed by atoms with E-state index in [9.17, 15) is 0 Å². The highest BCUT2D eigenvalue weighted by Crippen LogP contribution is 2.30. The summed E-state index contributed by atoms with van der Waals surface area (Å²) in [5.41, 5.74) is 3.09. The smallest absolute Gasteiger partial charge is 0.233 e. The van der Waals surface area contributed by atoms with Crippen LogP contribution in [0.1, 0.15) is 19.3 Å². The molecule has 2 fully saturated rings. The number of piperidine rings is 2. The summed E-state index contributed by atoms with van der Waals surface area (Å²) in [7, 11) is 0. The van der Waals surface area contributed by atoms with Crippen molar-refractivity contribution in [2.45, 2.75) is 25.4 Å². The van der Waals surface area contributed by atoms with E-state index in [1.54, 1.807) is 0 Å². The van der Waals surface area contributed by atoms with Gasteiger partial charge in [-0.15, -0.1) is 10.2 Å². The van der Waals surface area contributed by atoms with Gasteiger partial charge in [0.05, 0.1) is 5.69 Å². The first kappa shape index (κ1) is 14.9. The first-order chi connectivity index (χ1) is 12.3. The number of aromatic nitrogens is 3. The lowest BCUT2D eigenvalue weighted by molar-refractivity contribution is 0.0123. The maximum Gasteiger partial charge on any atom is 0.233 e. The van der Waals surface area contributed by atoms with Crippen molar-refractivity contribution < 1.29 is 4.74 Å². The third kappa shape index (κ3) is 2.89. The third-order valence-corrected chi connectivity index (χ3v) is 5.56. The summed E-state index contributed by atoms with van der Waals surface area (Å²) in [4.78, 5) is 5.77. The van der Waals surface area contributed by atoms with Crippen LogP contribution >= 0.6 is 0 Å². The Morgan fingerprint density at radius 3 is 2.96 bits per heavy atom. The van der Waals surface area contributed by atoms with E-state index < -0.39 is 0 Å². The second-order valence-corrected chi connectivity index (χ2v) is 7.18. The van der Waals surface area contributed by atoms with Gasteiger partial charge in [0.1, 0.15) is 6.10 Å². The van der Waals surface area contributed by atoms with Crippen molar-refractivity contribution in [3.63, 3.8) is 0 Å². The zero-order valence-electron chi connectivity index (χ0n) is 14.2. The zero-order chi connectivity index (χ0) is 16.6. The molecule has 5 heteroatoms. The molecule has 0 spiro atoms. The maximum absolute atomic E-state index is 6.18. The summed E-state index contributed by atoms with van der Waals surface area (Å²) in [6.45, 7) is 3.57. The normalized spacial score (nSPS) is 25.8. The number of ether oxygens (including phenoxy) is 1. The van der Waals surface area contributed by atoms with Crippen molar-refractivity contribution in [1.82, 2.24) is 20.1 Å². The average Bonchev–Trinajstić information content (AvgIpc) is 3.13. The van der Waals surface area contributed by atoms with E-state index in [4.69, 9.17) is 4.74 Å². The summed E-state index contributed by atoms with van der Waals surface area (Å²) in [5.74, 6) is 1.29. The van der Waals surface area contributed by atoms with Crippen LogP contribution in [0.5, 0.6) is 5.88 Å². The second-order valence-electron chi connectivity index (χ2n) is 7.18. The van der Waals surface area contributed by atoms with E-state index in [1.807, 2.05) is 18.3 Å². The average molecular weight is 334 g/mol. The fraction of sp³-hybridized carbons (Fsp3) is 0.400. The molecule has 0 saturated carbocycles. The standard InChI is InChI=1S/C20H22N4O/c1-2-16-13-24(10-1)11-8-19(16)25-20-6-5-18(22-23-20)14-3-4-17-15(12-14)7-9-21-17/h3-7,9,12,16,19,21H,1-2,8,10-11,13H2/t16-,19-/m0/s1. The molecule has 1 aromatic carbocycles. The molecule has 2 aliphatic rings. The molecule has 1 unspecified atom stereocenters. The molecule has 4 heterocycles. The van der Waals surface area contributed by atoms with Gasteiger partial charge < -0.3 is 14.6 Å². The van der Waals surface area contributed by atoms with Crippen molar-refractivity contribution in [2.75, 3.05) is 19.6 Å². The van der Waals surface area contributed by atoms with Crippen LogP contribution < -0.4 is 4.74 Å². The predicted octanol–water partition coefficient (Wildman–Crippen LogP) is 3.49. The highest BCUT2D eigenvalue weighted by atomic mass is 16.5. The Hall–Kier alpha value is -2.40. The van der Waals surface area contributed by atoms with Crippen LogP contribution in [-0.2, 0) is 0 Å². The summed E-state index contributed by atoms with van der Waals surface area (Å²) in [6, 6.07) is 12.3. The molecule has 0 amide bonds. The van der Waals surface area contributed by atoms with Crippen molar-refractivity contribution in [3.05, 3.63) is 42.6 Å². The fourth-order valence-electron chi connectivity index (χ4n) is 4.20. The molecular weight excluding hydrogens is 312 g/mol. The van der Waals surface area contributed by atoms with E-state index in [1.165, 1.54) is 31.3 Å². The van der Waals surface area contributed by atoms with Gasteiger partial charge in [-0.1, -0.05) is 6.07 Å². The summed E-state index contributed by atoms with van der Waals surface area (Å²) in [5, 5.41) is 9.90. The monoisotopic (exact) mass is 334 g/mol. The minimum absolute atomic E-state index is 0.285. The van der Waals surface area contributed by atoms with Crippen LogP contribution in [-0.4, -0.2) is 45.8 Å². The van der Waals surface area contributed by atoms with Gasteiger partial charge in [0.15, 0.2) is 0 Å². The molecule has 3 aromatic rings. The van der Waals surface area contributed by atoms with Gasteiger partial charge in [0, 0.05) is 47.7 Å². The minimum Gasteiger partial charge on any atom is -0.473 e. The van der Waals surface area contributed by atoms with Crippen molar-refractivity contribution in [3.8, 4) is 17.1 Å². The number of aromatic amines is 1. The van der Waals surface area contributed by atoms with Crippen LogP contribution in [0.2, 0.25) is 0 Å². The summed E-state index contributed by atoms with van der Waals surface area (Å²) < 4.78 is 6.18. The number of rotatable bonds is 3. The Balaban J connectivity index is 1.32. The Labute approximate surface area is 147 Å². The van der Waals surface area contributed by atoms with Crippen LogP contribution in [0.15, 0.2) is 42.6 Å². The van der Waals surface area contributed by atoms with E-state index in [0.717, 1.165) is 29.7 Å². The number of nitrogens with one attached hydrogen (secondary N) is 1. The molecule has 1 N–H and O–H groups in total. The highest BCUT2D eigenvalue weighted by molar-refractivity contribution is 5.84. The fourth-order valence-corrected chi connectivity index (χ4v) is 4.20. The quantitative estimate of drug-likeness (QED) is 0.797. The molecule has 5 nitrogen and oxygen atoms in total. The van der Waals surface area contributed by atoms with Crippen LogP contribution in [0.3, 0.4) is 0 Å². The van der Waals surface area contributed by atoms with Crippen LogP contribution in [0.4, 0.5) is 0 Å². The zero-order valence-corrected chi connectivity index (χ0v) is 14.2. The lowest BCUT2D eigenvalue weighted by Gasteiger charge is -2.42. The van der Waals surface area contributed by atoms with Gasteiger partial charge in [-0.3, -0.25) is 0 Å². The lowest BCUT2D eigenvalue weighted by atomic mass is 9.87. The highest BCUT2D eigenvalue weighted by Gasteiger charge is 2.33. The number of benzene rings is 1. The first-order valence-corrected chi connectivity index (χ1v) is 9.15. The lowest BCUT2D eigenvalue weighted by Crippen LogP contribution is -2.49. The molecule has 0 aliphatic carbocycles. The molecule has 25 heavy (non-hydrogen) atoms. The van der Waals surface area contributed by atoms with Gasteiger partial charge in [0.2, 0.25) is 5.88 Å². The first-order valence-electron chi connectivity index (χ1n) is 9.15. The van der Waals surface area contributed by atoms with E-state index >= 15 is 0 Å². The van der Waals surface area contributed by atoms with Crippen molar-refractivity contribution >= 4 is 10.9 Å². The van der Waals surface area contributed by atoms with Crippen molar-refractivity contribution in [2.24, 2.45) is 5.92 Å². The van der Waals surface area contributed by atoms with Gasteiger partial charge in [-0.05, 0) is 50.1 Å². The van der Waals surface area contributed by atoms with Gasteiger partial charge in [0.25, 0.3) is 0 Å². The molecule has 5 rings (SSSR count). The minimum atomic E-state index is 0.285. The second kappa shape index (κ2) is 6.15. The Kier molecular flexibility index (Phi) is 3.67. The number of hydrogen-bond acceptors (Lipinski definition) is 4. The molecule has 2 aliphatic heterocycles. The SMILES string of the molecule is c1cc2cc(-c3ccc(O[C@H]4CCN5CCC[C@H]4C5)nn3)ccc2[nH]1. The Morgan fingerprint density at radius 1 is 1.04 bits per heavy atom. The largest absolute Gasteiger partial charge is 0.473 e. The summed E-state index contributed by atoms with van der Waals surface area (Å²) >= 11 is 0. The van der Waals surface area contributed by atoms with Crippen molar-refractivity contribution in [1.29, 1.82) is 0 Å². The number of H-pyrrole nitrogens is 1. The molecule has 128 valence electrons. The number of fused-ring (bicyclic) bond motifs is 3. The maximum atomic E-state index is 6.18. The van der Waals surface area contributed by atoms with E-state index in [0.29, 0.717) is 11.8 Å². The Bertz CT molecular complexity index is 873. The third-order valence-electron chi connectivity index (χ3n) is 5.56. The van der Waals surface area contributed by atoms with E-state index in [-0.39, 0.29) is 6.10 Å². The summed E-state index contributed by atoms with van der Waals surface area (Å²) in [6.07, 6.45) is 5.89. The number of hydrogen-bond donors (Lipinski definition) is 1. The van der Waals surface area contributed by atoms with Gasteiger partial charge in [-0.25, -0.2) is 0 Å². The molecule has 3 atom stereocenters. The topological polar surface area (TPSA) is 54.0 Å². The number of nitrogens with zero attached hydrogens (tertiary/aromatic N) is 3. The van der Waals surface area contributed by atoms with Crippen LogP contribution in [0.25, 0.3) is 22.2 Å². The Morgan fingerprint density at radius 2 is 2.04 bits per heavy atom. The van der Waals surface area contributed by atoms with Crippen LogP contribution in [0, 0.1) is 5.92 Å². The molecular formula is C20H22N4O. The molecule has 0 radical (unpaired) electrons. The predicted molar refractivity (Wildman–Crippen MR) is 97.5 cm³/mol. The van der Waals surface area contributed by atoms with E-state index in [2.05, 4.69) is 44.3 Å². The van der Waals surface area contributed by atoms with Gasteiger partial charge >= 0.3 is 0 Å². The van der Waals surface area contributed by atoms with Gasteiger partial charge in [-0.2, -0.15) is 0 Å². The molecule has 2 saturated heterocycles.